The molecule has 4 nitrogen and oxygen atoms in total. The van der Waals surface area contributed by atoms with Crippen LogP contribution in [0.3, 0.4) is 0 Å². The molecule has 3 rings (SSSR count). The van der Waals surface area contributed by atoms with Gasteiger partial charge in [0.15, 0.2) is 11.6 Å². The molecule has 0 aliphatic heterocycles. The molecule has 2 heterocycles. The highest BCUT2D eigenvalue weighted by atomic mass is 79.9. The van der Waals surface area contributed by atoms with E-state index in [0.717, 1.165) is 27.3 Å². The lowest BCUT2D eigenvalue weighted by Gasteiger charge is -2.15. The third-order valence-electron chi connectivity index (χ3n) is 3.92. The zero-order valence-corrected chi connectivity index (χ0v) is 13.3. The third-order valence-corrected chi connectivity index (χ3v) is 4.70. The van der Waals surface area contributed by atoms with Gasteiger partial charge in [-0.25, -0.2) is 9.97 Å². The van der Waals surface area contributed by atoms with Crippen molar-refractivity contribution >= 4 is 21.7 Å². The van der Waals surface area contributed by atoms with Crippen LogP contribution in [0.2, 0.25) is 0 Å². The first-order chi connectivity index (χ1) is 9.70. The van der Waals surface area contributed by atoms with E-state index in [0.29, 0.717) is 11.7 Å². The second-order valence-corrected chi connectivity index (χ2v) is 6.05. The molecule has 1 N–H and O–H groups in total. The van der Waals surface area contributed by atoms with E-state index in [2.05, 4.69) is 26.2 Å². The Morgan fingerprint density at radius 3 is 2.65 bits per heavy atom. The van der Waals surface area contributed by atoms with Gasteiger partial charge in [-0.3, -0.25) is 0 Å². The summed E-state index contributed by atoms with van der Waals surface area (Å²) in [5.41, 5.74) is 2.17. The van der Waals surface area contributed by atoms with E-state index in [-0.39, 0.29) is 0 Å². The maximum absolute atomic E-state index is 5.54. The van der Waals surface area contributed by atoms with E-state index in [9.17, 15) is 0 Å². The number of halogens is 1. The molecule has 0 unspecified atom stereocenters. The highest BCUT2D eigenvalue weighted by Gasteiger charge is 2.24. The predicted molar refractivity (Wildman–Crippen MR) is 82.9 cm³/mol. The van der Waals surface area contributed by atoms with Crippen molar-refractivity contribution in [2.45, 2.75) is 38.5 Å². The largest absolute Gasteiger partial charge is 0.461 e. The Balaban J connectivity index is 2.12. The molecular formula is C15H18BrN3O. The van der Waals surface area contributed by atoms with Gasteiger partial charge in [0.2, 0.25) is 0 Å². The van der Waals surface area contributed by atoms with Crippen molar-refractivity contribution in [1.82, 2.24) is 9.97 Å². The quantitative estimate of drug-likeness (QED) is 0.896. The standard InChI is InChI=1S/C15H18BrN3O/c1-9-7-8-20-13(9)15-18-12(10-5-3-4-6-10)11(16)14(17-2)19-15/h7-8,10H,3-6H2,1-2H3,(H,17,18,19). The van der Waals surface area contributed by atoms with Crippen molar-refractivity contribution < 1.29 is 4.42 Å². The Kier molecular flexibility index (Phi) is 3.78. The fourth-order valence-corrected chi connectivity index (χ4v) is 3.50. The molecule has 1 aliphatic carbocycles. The number of nitrogens with one attached hydrogen (secondary N) is 1. The zero-order chi connectivity index (χ0) is 14.1. The Morgan fingerprint density at radius 2 is 2.05 bits per heavy atom. The molecule has 0 atom stereocenters. The normalized spacial score (nSPS) is 15.8. The zero-order valence-electron chi connectivity index (χ0n) is 11.7. The van der Waals surface area contributed by atoms with Gasteiger partial charge in [0.05, 0.1) is 16.4 Å². The van der Waals surface area contributed by atoms with Gasteiger partial charge in [0, 0.05) is 13.0 Å². The van der Waals surface area contributed by atoms with Crippen molar-refractivity contribution in [3.8, 4) is 11.6 Å². The Bertz CT molecular complexity index is 618. The summed E-state index contributed by atoms with van der Waals surface area (Å²) in [5, 5.41) is 3.14. The number of furan rings is 1. The molecule has 0 bridgehead atoms. The van der Waals surface area contributed by atoms with Gasteiger partial charge in [-0.1, -0.05) is 12.8 Å². The highest BCUT2D eigenvalue weighted by Crippen LogP contribution is 2.39. The fraction of sp³-hybridized carbons (Fsp3) is 0.467. The van der Waals surface area contributed by atoms with Gasteiger partial charge in [-0.2, -0.15) is 0 Å². The minimum atomic E-state index is 0.522. The summed E-state index contributed by atoms with van der Waals surface area (Å²) < 4.78 is 6.53. The SMILES string of the molecule is CNc1nc(-c2occc2C)nc(C2CCCC2)c1Br. The summed E-state index contributed by atoms with van der Waals surface area (Å²) in [6.45, 7) is 2.01. The second kappa shape index (κ2) is 5.56. The second-order valence-electron chi connectivity index (χ2n) is 5.26. The third kappa shape index (κ3) is 2.35. The summed E-state index contributed by atoms with van der Waals surface area (Å²) in [5.74, 6) is 2.77. The fourth-order valence-electron chi connectivity index (χ4n) is 2.80. The number of aromatic nitrogens is 2. The van der Waals surface area contributed by atoms with Gasteiger partial charge in [-0.15, -0.1) is 0 Å². The van der Waals surface area contributed by atoms with Gasteiger partial charge in [0.25, 0.3) is 0 Å². The van der Waals surface area contributed by atoms with Crippen LogP contribution in [-0.2, 0) is 0 Å². The number of anilines is 1. The van der Waals surface area contributed by atoms with Crippen molar-refractivity contribution in [3.63, 3.8) is 0 Å². The first-order valence-electron chi connectivity index (χ1n) is 7.00. The van der Waals surface area contributed by atoms with Crippen molar-refractivity contribution in [2.24, 2.45) is 0 Å². The molecule has 20 heavy (non-hydrogen) atoms. The van der Waals surface area contributed by atoms with E-state index < -0.39 is 0 Å². The maximum Gasteiger partial charge on any atom is 0.198 e. The molecule has 2 aromatic heterocycles. The lowest BCUT2D eigenvalue weighted by molar-refractivity contribution is 0.573. The van der Waals surface area contributed by atoms with Crippen LogP contribution in [0.15, 0.2) is 21.2 Å². The molecule has 1 aliphatic rings. The average molecular weight is 336 g/mol. The van der Waals surface area contributed by atoms with E-state index in [1.165, 1.54) is 25.7 Å². The monoisotopic (exact) mass is 335 g/mol. The number of hydrogen-bond donors (Lipinski definition) is 1. The summed E-state index contributed by atoms with van der Waals surface area (Å²) in [6.07, 6.45) is 6.66. The molecule has 0 radical (unpaired) electrons. The first-order valence-corrected chi connectivity index (χ1v) is 7.79. The topological polar surface area (TPSA) is 51.0 Å². The molecule has 106 valence electrons. The molecule has 0 aromatic carbocycles. The Morgan fingerprint density at radius 1 is 1.30 bits per heavy atom. The summed E-state index contributed by atoms with van der Waals surface area (Å²) >= 11 is 3.65. The summed E-state index contributed by atoms with van der Waals surface area (Å²) in [4.78, 5) is 9.34. The van der Waals surface area contributed by atoms with Gasteiger partial charge >= 0.3 is 0 Å². The predicted octanol–water partition coefficient (Wildman–Crippen LogP) is 4.51. The van der Waals surface area contributed by atoms with Crippen LogP contribution in [0.25, 0.3) is 11.6 Å². The van der Waals surface area contributed by atoms with Crippen molar-refractivity contribution in [1.29, 1.82) is 0 Å². The van der Waals surface area contributed by atoms with Gasteiger partial charge in [-0.05, 0) is 47.3 Å². The van der Waals surface area contributed by atoms with Crippen LogP contribution >= 0.6 is 15.9 Å². The number of hydrogen-bond acceptors (Lipinski definition) is 4. The minimum Gasteiger partial charge on any atom is -0.461 e. The lowest BCUT2D eigenvalue weighted by Crippen LogP contribution is -2.06. The van der Waals surface area contributed by atoms with Crippen molar-refractivity contribution in [3.05, 3.63) is 28.1 Å². The Hall–Kier alpha value is -1.36. The van der Waals surface area contributed by atoms with E-state index in [1.807, 2.05) is 20.0 Å². The first kappa shape index (κ1) is 13.6. The lowest BCUT2D eigenvalue weighted by atomic mass is 10.0. The number of aryl methyl sites for hydroxylation is 1. The number of nitrogens with zero attached hydrogens (tertiary/aromatic N) is 2. The van der Waals surface area contributed by atoms with Crippen LogP contribution in [0.1, 0.15) is 42.9 Å². The molecular weight excluding hydrogens is 318 g/mol. The van der Waals surface area contributed by atoms with E-state index in [4.69, 9.17) is 9.40 Å². The Labute approximate surface area is 127 Å². The molecule has 0 saturated heterocycles. The molecule has 5 heteroatoms. The molecule has 0 amide bonds. The summed E-state index contributed by atoms with van der Waals surface area (Å²) in [6, 6.07) is 1.94. The average Bonchev–Trinajstić information content (AvgIpc) is 3.10. The van der Waals surface area contributed by atoms with Gasteiger partial charge in [0.1, 0.15) is 5.82 Å². The van der Waals surface area contributed by atoms with Gasteiger partial charge < -0.3 is 9.73 Å². The van der Waals surface area contributed by atoms with Crippen LogP contribution < -0.4 is 5.32 Å². The molecule has 2 aromatic rings. The number of rotatable bonds is 3. The smallest absolute Gasteiger partial charge is 0.198 e. The van der Waals surface area contributed by atoms with Crippen LogP contribution in [0, 0.1) is 6.92 Å². The highest BCUT2D eigenvalue weighted by molar-refractivity contribution is 9.10. The van der Waals surface area contributed by atoms with E-state index >= 15 is 0 Å². The van der Waals surface area contributed by atoms with Crippen molar-refractivity contribution in [2.75, 3.05) is 12.4 Å². The maximum atomic E-state index is 5.54. The minimum absolute atomic E-state index is 0.522. The van der Waals surface area contributed by atoms with E-state index in [1.54, 1.807) is 6.26 Å². The van der Waals surface area contributed by atoms with Crippen LogP contribution in [0.4, 0.5) is 5.82 Å². The molecule has 0 spiro atoms. The van der Waals surface area contributed by atoms with Crippen LogP contribution in [0.5, 0.6) is 0 Å². The van der Waals surface area contributed by atoms with Crippen LogP contribution in [-0.4, -0.2) is 17.0 Å². The molecule has 1 saturated carbocycles. The molecule has 1 fully saturated rings. The summed E-state index contributed by atoms with van der Waals surface area (Å²) in [7, 11) is 1.88.